The van der Waals surface area contributed by atoms with E-state index in [0.717, 1.165) is 61.1 Å². The van der Waals surface area contributed by atoms with Gasteiger partial charge in [0.2, 0.25) is 0 Å². The third kappa shape index (κ3) is 5.22. The number of nitrogens with zero attached hydrogens (tertiary/aromatic N) is 3. The van der Waals surface area contributed by atoms with Crippen molar-refractivity contribution in [3.63, 3.8) is 0 Å². The molecule has 0 N–H and O–H groups in total. The molecule has 2 fully saturated rings. The van der Waals surface area contributed by atoms with Gasteiger partial charge in [-0.2, -0.15) is 13.2 Å². The van der Waals surface area contributed by atoms with Gasteiger partial charge in [0.25, 0.3) is 0 Å². The third-order valence-electron chi connectivity index (χ3n) is 5.84. The van der Waals surface area contributed by atoms with E-state index < -0.39 is 11.7 Å². The average Bonchev–Trinajstić information content (AvgIpc) is 3.31. The van der Waals surface area contributed by atoms with E-state index in [2.05, 4.69) is 23.6 Å². The van der Waals surface area contributed by atoms with Crippen LogP contribution < -0.4 is 0 Å². The molecular formula is C22H28F3N3OS. The van der Waals surface area contributed by atoms with Gasteiger partial charge in [-0.15, -0.1) is 11.3 Å². The SMILES string of the molecule is CC1CN(CC2CCCN2Cc2csc(-c3ccc(C(F)(F)F)cc3)n2)CC(C)O1. The zero-order valence-corrected chi connectivity index (χ0v) is 18.2. The van der Waals surface area contributed by atoms with Crippen molar-refractivity contribution in [2.75, 3.05) is 26.2 Å². The maximum absolute atomic E-state index is 12.8. The molecule has 0 bridgehead atoms. The Balaban J connectivity index is 1.38. The van der Waals surface area contributed by atoms with E-state index in [0.29, 0.717) is 6.04 Å². The van der Waals surface area contributed by atoms with Gasteiger partial charge in [-0.05, 0) is 45.4 Å². The van der Waals surface area contributed by atoms with Crippen LogP contribution in [0.3, 0.4) is 0 Å². The van der Waals surface area contributed by atoms with Crippen LogP contribution in [0, 0.1) is 0 Å². The van der Waals surface area contributed by atoms with Gasteiger partial charge in [-0.3, -0.25) is 9.80 Å². The quantitative estimate of drug-likeness (QED) is 0.662. The molecule has 4 nitrogen and oxygen atoms in total. The Morgan fingerprint density at radius 3 is 2.50 bits per heavy atom. The van der Waals surface area contributed by atoms with E-state index in [1.165, 1.54) is 36.3 Å². The van der Waals surface area contributed by atoms with Crippen LogP contribution in [0.4, 0.5) is 13.2 Å². The predicted molar refractivity (Wildman–Crippen MR) is 112 cm³/mol. The van der Waals surface area contributed by atoms with Crippen molar-refractivity contribution in [3.8, 4) is 10.6 Å². The second-order valence-electron chi connectivity index (χ2n) is 8.46. The third-order valence-corrected chi connectivity index (χ3v) is 6.78. The summed E-state index contributed by atoms with van der Waals surface area (Å²) in [5.74, 6) is 0. The summed E-state index contributed by atoms with van der Waals surface area (Å²) in [5, 5.41) is 2.80. The first-order chi connectivity index (χ1) is 14.3. The lowest BCUT2D eigenvalue weighted by Crippen LogP contribution is -2.50. The standard InChI is InChI=1S/C22H28F3N3OS/c1-15-10-27(11-16(2)29-15)13-20-4-3-9-28(20)12-19-14-30-21(26-19)17-5-7-18(8-6-17)22(23,24)25/h5-8,14-16,20H,3-4,9-13H2,1-2H3. The fourth-order valence-electron chi connectivity index (χ4n) is 4.56. The van der Waals surface area contributed by atoms with E-state index in [4.69, 9.17) is 9.72 Å². The van der Waals surface area contributed by atoms with Gasteiger partial charge >= 0.3 is 6.18 Å². The number of hydrogen-bond donors (Lipinski definition) is 0. The van der Waals surface area contributed by atoms with Crippen molar-refractivity contribution in [2.24, 2.45) is 0 Å². The molecule has 3 unspecified atom stereocenters. The van der Waals surface area contributed by atoms with Crippen molar-refractivity contribution in [1.82, 2.24) is 14.8 Å². The maximum atomic E-state index is 12.8. The van der Waals surface area contributed by atoms with Crippen molar-refractivity contribution in [1.29, 1.82) is 0 Å². The normalized spacial score (nSPS) is 26.4. The highest BCUT2D eigenvalue weighted by Crippen LogP contribution is 2.32. The Morgan fingerprint density at radius 1 is 1.13 bits per heavy atom. The first kappa shape index (κ1) is 21.7. The van der Waals surface area contributed by atoms with E-state index in [9.17, 15) is 13.2 Å². The number of aromatic nitrogens is 1. The smallest absolute Gasteiger partial charge is 0.373 e. The molecule has 0 spiro atoms. The van der Waals surface area contributed by atoms with E-state index in [1.54, 1.807) is 0 Å². The highest BCUT2D eigenvalue weighted by Gasteiger charge is 2.31. The second kappa shape index (κ2) is 8.94. The molecule has 3 heterocycles. The van der Waals surface area contributed by atoms with Gasteiger partial charge in [0.05, 0.1) is 23.5 Å². The Labute approximate surface area is 179 Å². The molecule has 30 heavy (non-hydrogen) atoms. The zero-order chi connectivity index (χ0) is 21.3. The number of likely N-dealkylation sites (tertiary alicyclic amines) is 1. The molecule has 2 aromatic rings. The minimum atomic E-state index is -4.31. The number of benzene rings is 1. The van der Waals surface area contributed by atoms with E-state index in [-0.39, 0.29) is 12.2 Å². The number of alkyl halides is 3. The second-order valence-corrected chi connectivity index (χ2v) is 9.32. The highest BCUT2D eigenvalue weighted by atomic mass is 32.1. The molecule has 1 aromatic carbocycles. The summed E-state index contributed by atoms with van der Waals surface area (Å²) in [7, 11) is 0. The van der Waals surface area contributed by atoms with Crippen LogP contribution in [0.2, 0.25) is 0 Å². The summed E-state index contributed by atoms with van der Waals surface area (Å²) in [5.41, 5.74) is 1.09. The molecule has 2 aliphatic rings. The van der Waals surface area contributed by atoms with Crippen LogP contribution in [-0.2, 0) is 17.5 Å². The van der Waals surface area contributed by atoms with Gasteiger partial charge in [0, 0.05) is 43.2 Å². The minimum absolute atomic E-state index is 0.272. The minimum Gasteiger partial charge on any atom is -0.373 e. The van der Waals surface area contributed by atoms with Gasteiger partial charge in [0.15, 0.2) is 0 Å². The van der Waals surface area contributed by atoms with Gasteiger partial charge in [-0.1, -0.05) is 12.1 Å². The van der Waals surface area contributed by atoms with Crippen LogP contribution in [0.5, 0.6) is 0 Å². The fourth-order valence-corrected chi connectivity index (χ4v) is 5.38. The number of thiazole rings is 1. The Bertz CT molecular complexity index is 829. The molecule has 164 valence electrons. The van der Waals surface area contributed by atoms with Crippen molar-refractivity contribution < 1.29 is 17.9 Å². The summed E-state index contributed by atoms with van der Waals surface area (Å²) >= 11 is 1.49. The molecule has 4 rings (SSSR count). The Kier molecular flexibility index (Phi) is 6.48. The fraction of sp³-hybridized carbons (Fsp3) is 0.591. The lowest BCUT2D eigenvalue weighted by Gasteiger charge is -2.38. The molecule has 0 saturated carbocycles. The van der Waals surface area contributed by atoms with Gasteiger partial charge in [-0.25, -0.2) is 4.98 Å². The summed E-state index contributed by atoms with van der Waals surface area (Å²) in [4.78, 5) is 9.71. The van der Waals surface area contributed by atoms with Crippen molar-refractivity contribution >= 4 is 11.3 Å². The number of morpholine rings is 1. The molecule has 3 atom stereocenters. The maximum Gasteiger partial charge on any atom is 0.416 e. The van der Waals surface area contributed by atoms with E-state index >= 15 is 0 Å². The molecule has 0 radical (unpaired) electrons. The van der Waals surface area contributed by atoms with Crippen LogP contribution in [0.1, 0.15) is 37.9 Å². The molecule has 1 aromatic heterocycles. The van der Waals surface area contributed by atoms with Crippen LogP contribution in [0.15, 0.2) is 29.6 Å². The largest absolute Gasteiger partial charge is 0.416 e. The molecule has 0 aliphatic carbocycles. The summed E-state index contributed by atoms with van der Waals surface area (Å²) in [6, 6.07) is 5.77. The molecule has 2 saturated heterocycles. The van der Waals surface area contributed by atoms with Crippen molar-refractivity contribution in [2.45, 2.75) is 57.7 Å². The molecular weight excluding hydrogens is 411 g/mol. The Morgan fingerprint density at radius 2 is 1.83 bits per heavy atom. The summed E-state index contributed by atoms with van der Waals surface area (Å²) in [6.07, 6.45) is -1.39. The summed E-state index contributed by atoms with van der Waals surface area (Å²) < 4.78 is 44.2. The van der Waals surface area contributed by atoms with Crippen LogP contribution in [0.25, 0.3) is 10.6 Å². The summed E-state index contributed by atoms with van der Waals surface area (Å²) in [6.45, 7) is 9.12. The first-order valence-corrected chi connectivity index (χ1v) is 11.4. The van der Waals surface area contributed by atoms with Crippen molar-refractivity contribution in [3.05, 3.63) is 40.9 Å². The molecule has 0 amide bonds. The topological polar surface area (TPSA) is 28.6 Å². The molecule has 2 aliphatic heterocycles. The van der Waals surface area contributed by atoms with Crippen LogP contribution in [-0.4, -0.2) is 59.2 Å². The number of hydrogen-bond acceptors (Lipinski definition) is 5. The lowest BCUT2D eigenvalue weighted by molar-refractivity contribution is -0.137. The average molecular weight is 440 g/mol. The number of ether oxygens (including phenoxy) is 1. The van der Waals surface area contributed by atoms with Gasteiger partial charge < -0.3 is 4.74 Å². The zero-order valence-electron chi connectivity index (χ0n) is 17.4. The van der Waals surface area contributed by atoms with Gasteiger partial charge in [0.1, 0.15) is 5.01 Å². The van der Waals surface area contributed by atoms with E-state index in [1.807, 2.05) is 5.38 Å². The number of halogens is 3. The first-order valence-electron chi connectivity index (χ1n) is 10.5. The molecule has 8 heteroatoms. The van der Waals surface area contributed by atoms with Crippen LogP contribution >= 0.6 is 11.3 Å². The number of rotatable bonds is 5. The predicted octanol–water partition coefficient (Wildman–Crippen LogP) is 4.90. The Hall–Kier alpha value is -1.48. The monoisotopic (exact) mass is 439 g/mol. The highest BCUT2D eigenvalue weighted by molar-refractivity contribution is 7.13. The lowest BCUT2D eigenvalue weighted by atomic mass is 10.1.